The average Bonchev–Trinajstić information content (AvgIpc) is 1.57. The zero-order chi connectivity index (χ0) is 18.6. The summed E-state index contributed by atoms with van der Waals surface area (Å²) in [7, 11) is -26.3. The second-order valence-corrected chi connectivity index (χ2v) is 8.39. The Hall–Kier alpha value is 1.17. The van der Waals surface area contributed by atoms with Gasteiger partial charge in [0.05, 0.1) is 0 Å². The molecular formula is CH6F10Li2O6P2S2. The first-order valence-electron chi connectivity index (χ1n) is 3.30. The van der Waals surface area contributed by atoms with Crippen molar-refractivity contribution in [3.63, 3.8) is 0 Å². The van der Waals surface area contributed by atoms with Crippen LogP contribution in [0.25, 0.3) is 0 Å². The third kappa shape index (κ3) is 202. The summed E-state index contributed by atoms with van der Waals surface area (Å²) in [6, 6.07) is 0. The van der Waals surface area contributed by atoms with E-state index in [1.807, 2.05) is 0 Å². The van der Waals surface area contributed by atoms with Crippen molar-refractivity contribution in [3.8, 4) is 0 Å². The van der Waals surface area contributed by atoms with Gasteiger partial charge in [-0.15, -0.1) is 0 Å². The van der Waals surface area contributed by atoms with Gasteiger partial charge in [0.1, 0.15) is 0 Å². The normalized spacial score (nSPS) is 15.3. The Bertz CT molecular complexity index is 459. The summed E-state index contributed by atoms with van der Waals surface area (Å²) in [5.74, 6) is 0. The topological polar surface area (TPSA) is 109 Å². The molecule has 0 bridgehead atoms. The van der Waals surface area contributed by atoms with Gasteiger partial charge in [-0.25, -0.2) is 0 Å². The van der Waals surface area contributed by atoms with Crippen LogP contribution in [-0.4, -0.2) is 68.7 Å². The van der Waals surface area contributed by atoms with E-state index in [9.17, 15) is 58.8 Å². The molecule has 0 radical (unpaired) electrons. The van der Waals surface area contributed by atoms with Crippen molar-refractivity contribution >= 4 is 74.3 Å². The molecular weight excluding hydrogens is 438 g/mol. The maximum absolute atomic E-state index is 9.84. The van der Waals surface area contributed by atoms with Gasteiger partial charge in [0.15, 0.2) is 0 Å². The molecule has 140 valence electrons. The fourth-order valence-corrected chi connectivity index (χ4v) is 1.69. The molecule has 0 heterocycles. The van der Waals surface area contributed by atoms with Crippen LogP contribution in [0.15, 0.2) is 0 Å². The second-order valence-electron chi connectivity index (χ2n) is 2.56. The molecule has 0 aliphatic heterocycles. The van der Waals surface area contributed by atoms with Crippen LogP contribution in [0.1, 0.15) is 0 Å². The summed E-state index contributed by atoms with van der Waals surface area (Å²) in [6.45, 7) is 0. The van der Waals surface area contributed by atoms with Gasteiger partial charge in [0, 0.05) is 0 Å². The molecule has 0 aliphatic carbocycles. The van der Waals surface area contributed by atoms with Crippen molar-refractivity contribution < 1.29 is 67.9 Å². The van der Waals surface area contributed by atoms with E-state index in [4.69, 9.17) is 9.11 Å². The summed E-state index contributed by atoms with van der Waals surface area (Å²) < 4.78 is 153. The van der Waals surface area contributed by atoms with Gasteiger partial charge >= 0.3 is 96.0 Å². The molecule has 0 amide bonds. The quantitative estimate of drug-likeness (QED) is 0.293. The zero-order valence-electron chi connectivity index (χ0n) is 8.73. The van der Waals surface area contributed by atoms with Crippen LogP contribution in [0.5, 0.6) is 0 Å². The van der Waals surface area contributed by atoms with Crippen molar-refractivity contribution in [2.45, 2.75) is 0 Å². The van der Waals surface area contributed by atoms with Crippen LogP contribution in [0.2, 0.25) is 0 Å². The fraction of sp³-hybridized carbons (Fsp3) is 1.00. The number of halogens is 10. The first-order valence-corrected chi connectivity index (χ1v) is 9.90. The van der Waals surface area contributed by atoms with Gasteiger partial charge in [-0.05, 0) is 0 Å². The molecule has 0 saturated heterocycles. The molecule has 0 unspecified atom stereocenters. The van der Waals surface area contributed by atoms with Gasteiger partial charge in [-0.1, -0.05) is 0 Å². The van der Waals surface area contributed by atoms with E-state index in [2.05, 4.69) is 0 Å². The Morgan fingerprint density at radius 1 is 0.565 bits per heavy atom. The van der Waals surface area contributed by atoms with Crippen LogP contribution in [0.4, 0.5) is 42.0 Å². The first kappa shape index (κ1) is 35.3. The average molecular weight is 444 g/mol. The summed E-state index contributed by atoms with van der Waals surface area (Å²) >= 11 is 0. The van der Waals surface area contributed by atoms with Crippen LogP contribution >= 0.6 is 16.3 Å². The van der Waals surface area contributed by atoms with Crippen LogP contribution < -0.4 is 0 Å². The molecule has 0 aromatic heterocycles. The van der Waals surface area contributed by atoms with E-state index >= 15 is 0 Å². The molecule has 0 aliphatic rings. The van der Waals surface area contributed by atoms with E-state index in [0.717, 1.165) is 0 Å². The Morgan fingerprint density at radius 2 is 0.652 bits per heavy atom. The maximum atomic E-state index is 9.84. The summed E-state index contributed by atoms with van der Waals surface area (Å²) in [4.78, 5) is 0. The molecule has 6 nitrogen and oxygen atoms in total. The van der Waals surface area contributed by atoms with Crippen molar-refractivity contribution in [2.75, 3.05) is 5.08 Å². The van der Waals surface area contributed by atoms with E-state index in [-0.39, 0.29) is 37.7 Å². The van der Waals surface area contributed by atoms with Gasteiger partial charge in [0.25, 0.3) is 20.2 Å². The monoisotopic (exact) mass is 444 g/mol. The fourth-order valence-electron chi connectivity index (χ4n) is 0.188. The molecule has 23 heavy (non-hydrogen) atoms. The molecule has 22 heteroatoms. The van der Waals surface area contributed by atoms with Gasteiger partial charge in [-0.2, -0.15) is 16.8 Å². The Balaban J connectivity index is -0.0000000696. The standard InChI is InChI=1S/CH4O6S2.2F5P.2Li.2H/c2-8(3,4)1-9(5,6)7;2*1-6(2,3,4)5;;;;/h1H2,(H,2,3,4)(H,5,6,7);;;;;;. The minimum absolute atomic E-state index is 0. The van der Waals surface area contributed by atoms with Crippen molar-refractivity contribution in [3.05, 3.63) is 0 Å². The van der Waals surface area contributed by atoms with Crippen molar-refractivity contribution in [1.82, 2.24) is 0 Å². The van der Waals surface area contributed by atoms with Crippen LogP contribution in [-0.2, 0) is 20.2 Å². The predicted molar refractivity (Wildman–Crippen MR) is 67.2 cm³/mol. The molecule has 0 rings (SSSR count). The van der Waals surface area contributed by atoms with E-state index in [1.165, 1.54) is 0 Å². The summed E-state index contributed by atoms with van der Waals surface area (Å²) in [5.41, 5.74) is 0. The zero-order valence-corrected chi connectivity index (χ0v) is 12.1. The predicted octanol–water partition coefficient (Wildman–Crippen LogP) is 3.35. The molecule has 0 aromatic rings. The molecule has 0 fully saturated rings. The first-order chi connectivity index (χ1) is 8.18. The second kappa shape index (κ2) is 9.76. The Labute approximate surface area is 147 Å². The molecule has 0 atom stereocenters. The van der Waals surface area contributed by atoms with E-state index < -0.39 is 41.6 Å². The third-order valence-corrected chi connectivity index (χ3v) is 2.68. The minimum atomic E-state index is -8.55. The molecule has 2 N–H and O–H groups in total. The van der Waals surface area contributed by atoms with Gasteiger partial charge < -0.3 is 0 Å². The number of hydrogen-bond donors (Lipinski definition) is 2. The van der Waals surface area contributed by atoms with Crippen molar-refractivity contribution in [1.29, 1.82) is 0 Å². The van der Waals surface area contributed by atoms with Gasteiger partial charge in [0.2, 0.25) is 5.08 Å². The number of hydrogen-bond acceptors (Lipinski definition) is 4. The summed E-state index contributed by atoms with van der Waals surface area (Å²) in [6.07, 6.45) is 0. The summed E-state index contributed by atoms with van der Waals surface area (Å²) in [5, 5.41) is -1.65. The Kier molecular flexibility index (Phi) is 15.0. The molecule has 0 aromatic carbocycles. The van der Waals surface area contributed by atoms with Gasteiger partial charge in [-0.3, -0.25) is 9.11 Å². The molecule has 0 spiro atoms. The Morgan fingerprint density at radius 3 is 0.652 bits per heavy atom. The van der Waals surface area contributed by atoms with E-state index in [0.29, 0.717) is 0 Å². The van der Waals surface area contributed by atoms with Crippen LogP contribution in [0, 0.1) is 0 Å². The SMILES string of the molecule is FP(F)(F)(F)F.FP(F)(F)(F)F.O=S(=O)(O)CS(=O)(=O)O.[LiH].[LiH]. The van der Waals surface area contributed by atoms with Crippen LogP contribution in [0.3, 0.4) is 0 Å². The van der Waals surface area contributed by atoms with E-state index in [1.54, 1.807) is 0 Å². The number of rotatable bonds is 2. The third-order valence-electron chi connectivity index (χ3n) is 0.298. The van der Waals surface area contributed by atoms with Crippen molar-refractivity contribution in [2.24, 2.45) is 0 Å². The molecule has 0 saturated carbocycles.